The molecule has 1 aliphatic rings. The Morgan fingerprint density at radius 1 is 1.00 bits per heavy atom. The molecule has 32 heavy (non-hydrogen) atoms. The van der Waals surface area contributed by atoms with Gasteiger partial charge < -0.3 is 20.5 Å². The summed E-state index contributed by atoms with van der Waals surface area (Å²) in [7, 11) is 1.32. The Morgan fingerprint density at radius 3 is 2.28 bits per heavy atom. The summed E-state index contributed by atoms with van der Waals surface area (Å²) in [5.41, 5.74) is 9.99. The molecular weight excluding hydrogens is 428 g/mol. The Kier molecular flexibility index (Phi) is 7.30. The summed E-state index contributed by atoms with van der Waals surface area (Å²) in [6.45, 7) is 0. The van der Waals surface area contributed by atoms with Gasteiger partial charge in [-0.3, -0.25) is 9.59 Å². The molecule has 3 N–H and O–H groups in total. The molecule has 1 unspecified atom stereocenters. The summed E-state index contributed by atoms with van der Waals surface area (Å²) in [4.78, 5) is 23.7. The number of amides is 1. The molecule has 0 radical (unpaired) electrons. The van der Waals surface area contributed by atoms with E-state index in [0.717, 1.165) is 22.4 Å². The molecule has 1 amide bonds. The van der Waals surface area contributed by atoms with Crippen LogP contribution in [0.4, 0.5) is 5.69 Å². The zero-order valence-corrected chi connectivity index (χ0v) is 18.2. The van der Waals surface area contributed by atoms with Gasteiger partial charge in [0.1, 0.15) is 17.5 Å². The van der Waals surface area contributed by atoms with Gasteiger partial charge in [-0.05, 0) is 54.0 Å². The molecule has 7 heteroatoms. The number of halogens is 1. The minimum atomic E-state index is -0.688. The Labute approximate surface area is 192 Å². The van der Waals surface area contributed by atoms with Crippen LogP contribution in [0.5, 0.6) is 11.5 Å². The summed E-state index contributed by atoms with van der Waals surface area (Å²) in [5, 5.41) is 2.87. The number of benzene rings is 3. The number of fused-ring (bicyclic) bond motifs is 1. The highest BCUT2D eigenvalue weighted by atomic mass is 35.5. The van der Waals surface area contributed by atoms with E-state index in [1.165, 1.54) is 7.11 Å². The van der Waals surface area contributed by atoms with Crippen LogP contribution in [-0.2, 0) is 20.7 Å². The third-order valence-corrected chi connectivity index (χ3v) is 5.02. The fraction of sp³-hybridized carbons (Fsp3) is 0.120. The van der Waals surface area contributed by atoms with Crippen molar-refractivity contribution >= 4 is 41.6 Å². The van der Waals surface area contributed by atoms with Crippen molar-refractivity contribution in [3.63, 3.8) is 0 Å². The molecule has 6 nitrogen and oxygen atoms in total. The molecule has 0 fully saturated rings. The maximum Gasteiger partial charge on any atom is 0.322 e. The third-order valence-electron chi connectivity index (χ3n) is 5.02. The monoisotopic (exact) mass is 450 g/mol. The Morgan fingerprint density at radius 2 is 1.62 bits per heavy atom. The average Bonchev–Trinajstić information content (AvgIpc) is 3.10. The molecule has 1 aliphatic heterocycles. The van der Waals surface area contributed by atoms with E-state index in [1.54, 1.807) is 0 Å². The van der Waals surface area contributed by atoms with Gasteiger partial charge in [-0.2, -0.15) is 0 Å². The second kappa shape index (κ2) is 10.1. The number of para-hydroxylation sites is 1. The van der Waals surface area contributed by atoms with Crippen LogP contribution in [0, 0.1) is 0 Å². The highest BCUT2D eigenvalue weighted by molar-refractivity contribution is 6.34. The zero-order valence-electron chi connectivity index (χ0n) is 17.4. The fourth-order valence-electron chi connectivity index (χ4n) is 3.40. The van der Waals surface area contributed by atoms with Crippen molar-refractivity contribution in [1.82, 2.24) is 0 Å². The summed E-state index contributed by atoms with van der Waals surface area (Å²) >= 11 is 0. The second-order valence-electron chi connectivity index (χ2n) is 7.21. The molecular formula is C25H23ClN2O4. The van der Waals surface area contributed by atoms with Gasteiger partial charge in [-0.1, -0.05) is 42.5 Å². The number of nitrogens with one attached hydrogen (secondary N) is 1. The van der Waals surface area contributed by atoms with Crippen LogP contribution in [0.15, 0.2) is 72.8 Å². The van der Waals surface area contributed by atoms with Crippen LogP contribution < -0.4 is 15.8 Å². The summed E-state index contributed by atoms with van der Waals surface area (Å²) in [6, 6.07) is 21.8. The predicted molar refractivity (Wildman–Crippen MR) is 127 cm³/mol. The summed E-state index contributed by atoms with van der Waals surface area (Å²) in [5.74, 6) is 0.811. The first-order valence-corrected chi connectivity index (χ1v) is 9.86. The average molecular weight is 451 g/mol. The van der Waals surface area contributed by atoms with E-state index in [1.807, 2.05) is 78.9 Å². The van der Waals surface area contributed by atoms with Gasteiger partial charge in [0.05, 0.1) is 7.11 Å². The lowest BCUT2D eigenvalue weighted by molar-refractivity contribution is -0.142. The number of anilines is 1. The molecule has 0 spiro atoms. The van der Waals surface area contributed by atoms with E-state index < -0.39 is 12.0 Å². The lowest BCUT2D eigenvalue weighted by Gasteiger charge is -2.10. The lowest BCUT2D eigenvalue weighted by Crippen LogP contribution is -2.33. The Bertz CT molecular complexity index is 1140. The smallest absolute Gasteiger partial charge is 0.322 e. The number of rotatable bonds is 6. The van der Waals surface area contributed by atoms with Crippen LogP contribution in [-0.4, -0.2) is 25.0 Å². The summed E-state index contributed by atoms with van der Waals surface area (Å²) in [6.07, 6.45) is 2.26. The molecule has 3 aromatic carbocycles. The second-order valence-corrected chi connectivity index (χ2v) is 7.21. The lowest BCUT2D eigenvalue weighted by atomic mass is 10.0. The van der Waals surface area contributed by atoms with Gasteiger partial charge in [-0.15, -0.1) is 12.4 Å². The van der Waals surface area contributed by atoms with Crippen molar-refractivity contribution in [2.24, 2.45) is 5.73 Å². The van der Waals surface area contributed by atoms with E-state index in [-0.39, 0.29) is 18.3 Å². The van der Waals surface area contributed by atoms with Crippen molar-refractivity contribution in [1.29, 1.82) is 0 Å². The van der Waals surface area contributed by atoms with Gasteiger partial charge in [0.2, 0.25) is 0 Å². The number of carbonyl (C=O) groups excluding carboxylic acids is 2. The minimum absolute atomic E-state index is 0. The van der Waals surface area contributed by atoms with Crippen LogP contribution >= 0.6 is 12.4 Å². The molecule has 4 rings (SSSR count). The van der Waals surface area contributed by atoms with E-state index in [2.05, 4.69) is 10.1 Å². The van der Waals surface area contributed by atoms with E-state index in [4.69, 9.17) is 10.5 Å². The van der Waals surface area contributed by atoms with Crippen LogP contribution in [0.1, 0.15) is 16.7 Å². The maximum absolute atomic E-state index is 12.3. The number of methoxy groups -OCH3 is 1. The van der Waals surface area contributed by atoms with Crippen molar-refractivity contribution < 1.29 is 19.1 Å². The van der Waals surface area contributed by atoms with E-state index in [9.17, 15) is 9.59 Å². The molecule has 3 aromatic rings. The van der Waals surface area contributed by atoms with Gasteiger partial charge in [0, 0.05) is 16.8 Å². The van der Waals surface area contributed by atoms with Gasteiger partial charge in [0.25, 0.3) is 5.91 Å². The number of carbonyl (C=O) groups is 2. The highest BCUT2D eigenvalue weighted by Gasteiger charge is 2.23. The molecule has 164 valence electrons. The molecule has 0 bridgehead atoms. The third kappa shape index (κ3) is 5.17. The first kappa shape index (κ1) is 23.1. The largest absolute Gasteiger partial charge is 0.468 e. The molecule has 1 heterocycles. The number of hydrogen-bond donors (Lipinski definition) is 2. The molecule has 1 atom stereocenters. The van der Waals surface area contributed by atoms with E-state index >= 15 is 0 Å². The van der Waals surface area contributed by atoms with Crippen LogP contribution in [0.25, 0.3) is 11.6 Å². The normalized spacial score (nSPS) is 14.2. The molecule has 0 aliphatic carbocycles. The standard InChI is InChI=1S/C25H22N2O4.ClH/c1-30-25(29)22(26)15-17-8-12-19(13-9-17)31-18-10-6-16(7-11-18)14-21-20-4-2-3-5-23(20)27-24(21)28;/h2-14,22H,15,26H2,1H3,(H,27,28);1H/b21-14+;. The predicted octanol–water partition coefficient (Wildman–Crippen LogP) is 4.44. The maximum atomic E-state index is 12.3. The van der Waals surface area contributed by atoms with E-state index in [0.29, 0.717) is 23.5 Å². The Balaban J connectivity index is 0.00000289. The molecule has 0 saturated heterocycles. The number of hydrogen-bond acceptors (Lipinski definition) is 5. The number of ether oxygens (including phenoxy) is 2. The first-order valence-electron chi connectivity index (χ1n) is 9.86. The van der Waals surface area contributed by atoms with Gasteiger partial charge >= 0.3 is 5.97 Å². The Hall–Kier alpha value is -3.61. The van der Waals surface area contributed by atoms with Crippen LogP contribution in [0.3, 0.4) is 0 Å². The highest BCUT2D eigenvalue weighted by Crippen LogP contribution is 2.33. The fourth-order valence-corrected chi connectivity index (χ4v) is 3.40. The van der Waals surface area contributed by atoms with Gasteiger partial charge in [0.15, 0.2) is 0 Å². The van der Waals surface area contributed by atoms with Crippen molar-refractivity contribution in [3.8, 4) is 11.5 Å². The minimum Gasteiger partial charge on any atom is -0.468 e. The number of nitrogens with two attached hydrogens (primary N) is 1. The van der Waals surface area contributed by atoms with Crippen molar-refractivity contribution in [3.05, 3.63) is 89.5 Å². The topological polar surface area (TPSA) is 90.7 Å². The number of esters is 1. The van der Waals surface area contributed by atoms with Crippen LogP contribution in [0.2, 0.25) is 0 Å². The SMILES string of the molecule is COC(=O)C(N)Cc1ccc(Oc2ccc(/C=C3/C(=O)Nc4ccccc43)cc2)cc1.Cl. The molecule has 0 aromatic heterocycles. The van der Waals surface area contributed by atoms with Crippen molar-refractivity contribution in [2.45, 2.75) is 12.5 Å². The van der Waals surface area contributed by atoms with Gasteiger partial charge in [-0.25, -0.2) is 0 Å². The van der Waals surface area contributed by atoms with Crippen molar-refractivity contribution in [2.75, 3.05) is 12.4 Å². The summed E-state index contributed by atoms with van der Waals surface area (Å²) < 4.78 is 10.5. The first-order chi connectivity index (χ1) is 15.0. The molecule has 0 saturated carbocycles. The zero-order chi connectivity index (χ0) is 21.8. The quantitative estimate of drug-likeness (QED) is 0.428.